The molecule has 0 spiro atoms. The van der Waals surface area contributed by atoms with Gasteiger partial charge in [-0.15, -0.1) is 0 Å². The first-order valence-electron chi connectivity index (χ1n) is 7.68. The minimum Gasteiger partial charge on any atom is -0.382 e. The Kier molecular flexibility index (Phi) is 7.26. The smallest absolute Gasteiger partial charge is 0.262 e. The van der Waals surface area contributed by atoms with E-state index in [1.807, 2.05) is 13.0 Å². The molecule has 2 aromatic rings. The number of rotatable bonds is 8. The fourth-order valence-corrected chi connectivity index (χ4v) is 3.41. The molecule has 1 N–H and O–H groups in total. The molecule has 24 heavy (non-hydrogen) atoms. The molecule has 0 unspecified atom stereocenters. The quantitative estimate of drug-likeness (QED) is 0.408. The molecule has 1 amide bonds. The van der Waals surface area contributed by atoms with Gasteiger partial charge in [0.25, 0.3) is 5.56 Å². The van der Waals surface area contributed by atoms with Gasteiger partial charge in [-0.3, -0.25) is 14.2 Å². The van der Waals surface area contributed by atoms with E-state index >= 15 is 0 Å². The van der Waals surface area contributed by atoms with Crippen LogP contribution < -0.4 is 10.9 Å². The third-order valence-electron chi connectivity index (χ3n) is 3.37. The normalized spacial score (nSPS) is 11.0. The summed E-state index contributed by atoms with van der Waals surface area (Å²) in [4.78, 5) is 28.9. The number of ether oxygens (including phenoxy) is 1. The molecule has 0 atom stereocenters. The van der Waals surface area contributed by atoms with Gasteiger partial charge in [0.15, 0.2) is 5.16 Å². The summed E-state index contributed by atoms with van der Waals surface area (Å²) < 4.78 is 7.80. The van der Waals surface area contributed by atoms with Crippen LogP contribution in [0.1, 0.15) is 13.3 Å². The molecule has 0 radical (unpaired) electrons. The lowest BCUT2D eigenvalue weighted by Gasteiger charge is -2.13. The summed E-state index contributed by atoms with van der Waals surface area (Å²) in [7, 11) is 1.59. The first-order chi connectivity index (χ1) is 11.6. The van der Waals surface area contributed by atoms with Crippen LogP contribution in [0.3, 0.4) is 0 Å². The molecular formula is C16H20BrN3O3S. The molecule has 0 aliphatic rings. The minimum atomic E-state index is -0.106. The van der Waals surface area contributed by atoms with Crippen LogP contribution in [0, 0.1) is 0 Å². The highest BCUT2D eigenvalue weighted by Crippen LogP contribution is 2.20. The van der Waals surface area contributed by atoms with E-state index in [2.05, 4.69) is 26.2 Å². The van der Waals surface area contributed by atoms with Crippen molar-refractivity contribution in [3.8, 4) is 0 Å². The molecule has 8 heteroatoms. The van der Waals surface area contributed by atoms with Crippen LogP contribution in [0.2, 0.25) is 0 Å². The number of benzene rings is 1. The zero-order chi connectivity index (χ0) is 17.5. The van der Waals surface area contributed by atoms with E-state index in [-0.39, 0.29) is 17.2 Å². The maximum Gasteiger partial charge on any atom is 0.262 e. The average molecular weight is 414 g/mol. The maximum atomic E-state index is 12.8. The number of thioether (sulfide) groups is 1. The number of halogens is 1. The van der Waals surface area contributed by atoms with Crippen LogP contribution in [-0.2, 0) is 16.1 Å². The molecule has 6 nitrogen and oxygen atoms in total. The summed E-state index contributed by atoms with van der Waals surface area (Å²) in [6, 6.07) is 5.42. The van der Waals surface area contributed by atoms with Crippen LogP contribution in [0.25, 0.3) is 10.9 Å². The summed E-state index contributed by atoms with van der Waals surface area (Å²) in [6.07, 6.45) is 0.711. The van der Waals surface area contributed by atoms with Crippen molar-refractivity contribution in [1.29, 1.82) is 0 Å². The molecule has 2 rings (SSSR count). The topological polar surface area (TPSA) is 73.2 Å². The van der Waals surface area contributed by atoms with Crippen molar-refractivity contribution in [2.45, 2.75) is 25.0 Å². The summed E-state index contributed by atoms with van der Waals surface area (Å²) in [6.45, 7) is 3.67. The molecular weight excluding hydrogens is 394 g/mol. The molecule has 1 heterocycles. The standard InChI is InChI=1S/C16H20BrN3O3S/c1-3-23-8-4-7-20-15(22)12-9-11(17)5-6-13(12)19-16(20)24-10-14(21)18-2/h5-6,9H,3-4,7-8,10H2,1-2H3,(H,18,21). The van der Waals surface area contributed by atoms with Crippen LogP contribution in [0.5, 0.6) is 0 Å². The second kappa shape index (κ2) is 9.19. The molecule has 0 fully saturated rings. The highest BCUT2D eigenvalue weighted by molar-refractivity contribution is 9.10. The van der Waals surface area contributed by atoms with Gasteiger partial charge >= 0.3 is 0 Å². The van der Waals surface area contributed by atoms with Gasteiger partial charge in [-0.1, -0.05) is 27.7 Å². The lowest BCUT2D eigenvalue weighted by Crippen LogP contribution is -2.25. The number of nitrogens with one attached hydrogen (secondary N) is 1. The average Bonchev–Trinajstić information content (AvgIpc) is 2.58. The van der Waals surface area contributed by atoms with Crippen LogP contribution >= 0.6 is 27.7 Å². The van der Waals surface area contributed by atoms with Gasteiger partial charge in [-0.2, -0.15) is 0 Å². The van der Waals surface area contributed by atoms with Crippen molar-refractivity contribution in [1.82, 2.24) is 14.9 Å². The van der Waals surface area contributed by atoms with Gasteiger partial charge in [0, 0.05) is 31.3 Å². The molecule has 0 saturated carbocycles. The van der Waals surface area contributed by atoms with Crippen molar-refractivity contribution in [3.63, 3.8) is 0 Å². The van der Waals surface area contributed by atoms with Crippen molar-refractivity contribution < 1.29 is 9.53 Å². The number of carbonyl (C=O) groups excluding carboxylic acids is 1. The Balaban J connectivity index is 2.37. The summed E-state index contributed by atoms with van der Waals surface area (Å²) in [5, 5.41) is 3.68. The maximum absolute atomic E-state index is 12.8. The summed E-state index contributed by atoms with van der Waals surface area (Å²) >= 11 is 4.65. The molecule has 0 aliphatic heterocycles. The third kappa shape index (κ3) is 4.81. The fraction of sp³-hybridized carbons (Fsp3) is 0.438. The molecule has 1 aromatic carbocycles. The highest BCUT2D eigenvalue weighted by atomic mass is 79.9. The fourth-order valence-electron chi connectivity index (χ4n) is 2.15. The van der Waals surface area contributed by atoms with E-state index in [1.165, 1.54) is 11.8 Å². The number of amides is 1. The predicted octanol–water partition coefficient (Wildman–Crippen LogP) is 2.42. The van der Waals surface area contributed by atoms with Crippen molar-refractivity contribution in [3.05, 3.63) is 33.0 Å². The van der Waals surface area contributed by atoms with E-state index in [9.17, 15) is 9.59 Å². The number of nitrogens with zero attached hydrogens (tertiary/aromatic N) is 2. The van der Waals surface area contributed by atoms with Gasteiger partial charge in [0.05, 0.1) is 16.7 Å². The number of fused-ring (bicyclic) bond motifs is 1. The molecule has 0 bridgehead atoms. The van der Waals surface area contributed by atoms with E-state index in [0.717, 1.165) is 4.47 Å². The van der Waals surface area contributed by atoms with Gasteiger partial charge in [0.1, 0.15) is 0 Å². The van der Waals surface area contributed by atoms with E-state index in [4.69, 9.17) is 4.74 Å². The van der Waals surface area contributed by atoms with E-state index in [1.54, 1.807) is 23.7 Å². The van der Waals surface area contributed by atoms with Crippen LogP contribution in [-0.4, -0.2) is 41.5 Å². The van der Waals surface area contributed by atoms with Crippen molar-refractivity contribution in [2.24, 2.45) is 0 Å². The lowest BCUT2D eigenvalue weighted by molar-refractivity contribution is -0.118. The van der Waals surface area contributed by atoms with Gasteiger partial charge < -0.3 is 10.1 Å². The first kappa shape index (κ1) is 19.0. The third-order valence-corrected chi connectivity index (χ3v) is 4.84. The van der Waals surface area contributed by atoms with Gasteiger partial charge in [-0.05, 0) is 31.5 Å². The minimum absolute atomic E-state index is 0.0998. The molecule has 0 saturated heterocycles. The predicted molar refractivity (Wildman–Crippen MR) is 99.6 cm³/mol. The Labute approximate surface area is 153 Å². The SMILES string of the molecule is CCOCCCn1c(SCC(=O)NC)nc2ccc(Br)cc2c1=O. The Morgan fingerprint density at radius 2 is 2.25 bits per heavy atom. The molecule has 0 aliphatic carbocycles. The lowest BCUT2D eigenvalue weighted by atomic mass is 10.2. The monoisotopic (exact) mass is 413 g/mol. The number of hydrogen-bond acceptors (Lipinski definition) is 5. The zero-order valence-electron chi connectivity index (χ0n) is 13.7. The summed E-state index contributed by atoms with van der Waals surface area (Å²) in [5.41, 5.74) is 0.529. The zero-order valence-corrected chi connectivity index (χ0v) is 16.1. The Morgan fingerprint density at radius 1 is 1.46 bits per heavy atom. The number of hydrogen-bond donors (Lipinski definition) is 1. The largest absolute Gasteiger partial charge is 0.382 e. The Morgan fingerprint density at radius 3 is 2.96 bits per heavy atom. The van der Waals surface area contributed by atoms with Crippen LogP contribution in [0.15, 0.2) is 32.6 Å². The molecule has 130 valence electrons. The molecule has 1 aromatic heterocycles. The second-order valence-corrected chi connectivity index (χ2v) is 6.88. The second-order valence-electron chi connectivity index (χ2n) is 5.02. The first-order valence-corrected chi connectivity index (χ1v) is 9.46. The van der Waals surface area contributed by atoms with E-state index in [0.29, 0.717) is 42.2 Å². The number of carbonyl (C=O) groups is 1. The van der Waals surface area contributed by atoms with Crippen molar-refractivity contribution >= 4 is 44.5 Å². The number of aromatic nitrogens is 2. The highest BCUT2D eigenvalue weighted by Gasteiger charge is 2.13. The van der Waals surface area contributed by atoms with Gasteiger partial charge in [0.2, 0.25) is 5.91 Å². The summed E-state index contributed by atoms with van der Waals surface area (Å²) in [5.74, 6) is 0.113. The van der Waals surface area contributed by atoms with Crippen LogP contribution in [0.4, 0.5) is 0 Å². The Hall–Kier alpha value is -1.38. The van der Waals surface area contributed by atoms with Crippen molar-refractivity contribution in [2.75, 3.05) is 26.0 Å². The van der Waals surface area contributed by atoms with E-state index < -0.39 is 0 Å². The Bertz CT molecular complexity index is 779. The van der Waals surface area contributed by atoms with Gasteiger partial charge in [-0.25, -0.2) is 4.98 Å².